The fourth-order valence-corrected chi connectivity index (χ4v) is 8.58. The van der Waals surface area contributed by atoms with Crippen LogP contribution in [0.2, 0.25) is 0 Å². The second kappa shape index (κ2) is 13.2. The van der Waals surface area contributed by atoms with Crippen LogP contribution in [0.5, 0.6) is 0 Å². The number of amides is 3. The first-order chi connectivity index (χ1) is 27.2. The Morgan fingerprint density at radius 2 is 1.82 bits per heavy atom. The molecule has 1 aliphatic carbocycles. The molecule has 6 aromatic rings. The van der Waals surface area contributed by atoms with Crippen molar-refractivity contribution in [2.45, 2.75) is 56.7 Å². The van der Waals surface area contributed by atoms with Gasteiger partial charge in [-0.05, 0) is 72.7 Å². The van der Waals surface area contributed by atoms with Crippen LogP contribution in [0.4, 0.5) is 17.2 Å². The summed E-state index contributed by atoms with van der Waals surface area (Å²) in [4.78, 5) is 64.6. The average Bonchev–Trinajstić information content (AvgIpc) is 3.62. The molecule has 1 unspecified atom stereocenters. The molecule has 7 heterocycles. The number of nitrogens with zero attached hydrogens (tertiary/aromatic N) is 8. The second-order valence-corrected chi connectivity index (χ2v) is 15.4. The Kier molecular flexibility index (Phi) is 8.02. The molecule has 0 spiro atoms. The smallest absolute Gasteiger partial charge is 0.329 e. The number of pyridine rings is 1. The lowest BCUT2D eigenvalue weighted by Gasteiger charge is -2.39. The van der Waals surface area contributed by atoms with Crippen molar-refractivity contribution in [1.82, 2.24) is 44.2 Å². The topological polar surface area (TPSA) is 164 Å². The zero-order chi connectivity index (χ0) is 38.2. The van der Waals surface area contributed by atoms with Crippen molar-refractivity contribution in [3.8, 4) is 11.3 Å². The number of imidazole rings is 2. The van der Waals surface area contributed by atoms with Gasteiger partial charge in [0.1, 0.15) is 6.04 Å². The molecule has 0 bridgehead atoms. The van der Waals surface area contributed by atoms with Crippen LogP contribution in [0.15, 0.2) is 71.8 Å². The predicted molar refractivity (Wildman–Crippen MR) is 210 cm³/mol. The van der Waals surface area contributed by atoms with E-state index < -0.39 is 11.9 Å². The highest BCUT2D eigenvalue weighted by Gasteiger charge is 2.33. The molecule has 284 valence electrons. The third-order valence-electron chi connectivity index (χ3n) is 11.7. The van der Waals surface area contributed by atoms with Gasteiger partial charge in [-0.2, -0.15) is 0 Å². The van der Waals surface area contributed by atoms with Crippen LogP contribution >= 0.6 is 0 Å². The molecule has 1 atom stereocenters. The fraction of sp³-hybridized carbons (Fsp3) is 0.341. The summed E-state index contributed by atoms with van der Waals surface area (Å²) in [6.45, 7) is 3.29. The van der Waals surface area contributed by atoms with E-state index in [1.807, 2.05) is 25.4 Å². The molecular weight excluding hydrogens is 711 g/mol. The van der Waals surface area contributed by atoms with Crippen molar-refractivity contribution in [2.75, 3.05) is 36.9 Å². The van der Waals surface area contributed by atoms with Gasteiger partial charge in [-0.1, -0.05) is 18.2 Å². The average molecular weight is 752 g/mol. The first kappa shape index (κ1) is 34.2. The molecule has 10 rings (SSSR count). The highest BCUT2D eigenvalue weighted by atomic mass is 16.2. The number of hydrogen-bond donors (Lipinski definition) is 3. The summed E-state index contributed by atoms with van der Waals surface area (Å²) in [5.74, 6) is 0.161. The van der Waals surface area contributed by atoms with Gasteiger partial charge in [0.25, 0.3) is 5.91 Å². The molecule has 3 aliphatic heterocycles. The third-order valence-corrected chi connectivity index (χ3v) is 11.7. The zero-order valence-electron chi connectivity index (χ0n) is 31.2. The molecule has 2 aromatic carbocycles. The van der Waals surface area contributed by atoms with Crippen molar-refractivity contribution in [3.63, 3.8) is 0 Å². The summed E-state index contributed by atoms with van der Waals surface area (Å²) in [5, 5.41) is 13.6. The monoisotopic (exact) mass is 751 g/mol. The van der Waals surface area contributed by atoms with E-state index in [0.29, 0.717) is 29.2 Å². The number of aryl methyl sites for hydroxylation is 1. The van der Waals surface area contributed by atoms with E-state index in [4.69, 9.17) is 10.1 Å². The minimum absolute atomic E-state index is 0.163. The Hall–Kier alpha value is -6.35. The quantitative estimate of drug-likeness (QED) is 0.186. The van der Waals surface area contributed by atoms with Gasteiger partial charge in [0, 0.05) is 82.2 Å². The van der Waals surface area contributed by atoms with E-state index in [0.717, 1.165) is 85.0 Å². The van der Waals surface area contributed by atoms with E-state index in [9.17, 15) is 19.2 Å². The normalized spacial score (nSPS) is 18.7. The number of anilines is 3. The number of imide groups is 1. The summed E-state index contributed by atoms with van der Waals surface area (Å²) < 4.78 is 4.77. The number of piperidine rings is 1. The highest BCUT2D eigenvalue weighted by molar-refractivity contribution is 6.00. The Balaban J connectivity index is 0.855. The maximum Gasteiger partial charge on any atom is 0.329 e. The number of benzene rings is 2. The largest absolute Gasteiger partial charge is 0.385 e. The summed E-state index contributed by atoms with van der Waals surface area (Å²) in [7, 11) is 3.58. The maximum absolute atomic E-state index is 13.3. The molecule has 3 N–H and O–H groups in total. The van der Waals surface area contributed by atoms with Crippen molar-refractivity contribution < 1.29 is 14.4 Å². The molecule has 56 heavy (non-hydrogen) atoms. The molecule has 3 amide bonds. The first-order valence-corrected chi connectivity index (χ1v) is 19.2. The standard InChI is InChI=1S/C41H41N11O4/c1-42-30-18-36(47-52-35(19-44-38(30)52)40(55)45-26-7-8-26)50-15-13-28-27(4-3-5-31(28)50)29-16-23(12-14-43-29)20-49-21-25(22-49)24-6-9-32-34(17-24)48(2)41(56)51(32)33-10-11-37(53)46-39(33)54/h3-6,9,12,14,16-19,25-26,33,42H,7-8,10-11,13,15,20-22H2,1-2H3,(H,45,55)(H,46,53,54). The lowest BCUT2D eigenvalue weighted by molar-refractivity contribution is -0.135. The van der Waals surface area contributed by atoms with Crippen LogP contribution in [-0.4, -0.2) is 84.1 Å². The van der Waals surface area contributed by atoms with Crippen molar-refractivity contribution in [2.24, 2.45) is 7.05 Å². The maximum atomic E-state index is 13.3. The predicted octanol–water partition coefficient (Wildman–Crippen LogP) is 3.65. The van der Waals surface area contributed by atoms with Crippen LogP contribution in [0.3, 0.4) is 0 Å². The number of rotatable bonds is 9. The minimum Gasteiger partial charge on any atom is -0.385 e. The molecular formula is C41H41N11O4. The first-order valence-electron chi connectivity index (χ1n) is 19.2. The molecule has 15 heteroatoms. The molecule has 1 saturated carbocycles. The number of hydrogen-bond acceptors (Lipinski definition) is 10. The van der Waals surface area contributed by atoms with Crippen molar-refractivity contribution >= 4 is 51.6 Å². The number of nitrogens with one attached hydrogen (secondary N) is 3. The van der Waals surface area contributed by atoms with Gasteiger partial charge in [0.15, 0.2) is 17.2 Å². The number of carbonyl (C=O) groups excluding carboxylic acids is 3. The molecule has 15 nitrogen and oxygen atoms in total. The van der Waals surface area contributed by atoms with Crippen LogP contribution in [-0.2, 0) is 29.6 Å². The third kappa shape index (κ3) is 5.72. The Morgan fingerprint density at radius 3 is 2.62 bits per heavy atom. The fourth-order valence-electron chi connectivity index (χ4n) is 8.58. The van der Waals surface area contributed by atoms with Crippen LogP contribution in [0, 0.1) is 0 Å². The number of likely N-dealkylation sites (tertiary alicyclic amines) is 1. The van der Waals surface area contributed by atoms with E-state index in [1.165, 1.54) is 15.7 Å². The molecule has 4 aromatic heterocycles. The zero-order valence-corrected chi connectivity index (χ0v) is 31.2. The second-order valence-electron chi connectivity index (χ2n) is 15.4. The molecule has 0 radical (unpaired) electrons. The van der Waals surface area contributed by atoms with Gasteiger partial charge in [0.05, 0.1) is 28.6 Å². The minimum atomic E-state index is -0.697. The molecule has 3 fully saturated rings. The SMILES string of the molecule is CNc1cc(N2CCc3c(-c4cc(CN5CC(c6ccc7c(c6)n(C)c(=O)n7C6CCC(=O)NC6=O)C5)ccn4)cccc32)nn2c(C(=O)NC3CC3)cnc12. The van der Waals surface area contributed by atoms with Gasteiger partial charge in [0.2, 0.25) is 11.8 Å². The Bertz CT molecular complexity index is 2670. The van der Waals surface area contributed by atoms with Gasteiger partial charge >= 0.3 is 5.69 Å². The lowest BCUT2D eigenvalue weighted by Crippen LogP contribution is -2.44. The van der Waals surface area contributed by atoms with Gasteiger partial charge in [-0.15, -0.1) is 5.10 Å². The Morgan fingerprint density at radius 1 is 0.964 bits per heavy atom. The highest BCUT2D eigenvalue weighted by Crippen LogP contribution is 2.40. The van der Waals surface area contributed by atoms with Crippen LogP contribution in [0.1, 0.15) is 64.8 Å². The van der Waals surface area contributed by atoms with Crippen LogP contribution in [0.25, 0.3) is 27.9 Å². The van der Waals surface area contributed by atoms with E-state index in [2.05, 4.69) is 73.2 Å². The van der Waals surface area contributed by atoms with Gasteiger partial charge < -0.3 is 15.5 Å². The van der Waals surface area contributed by atoms with Gasteiger partial charge in [-0.25, -0.2) is 14.3 Å². The van der Waals surface area contributed by atoms with Gasteiger partial charge in [-0.3, -0.25) is 38.7 Å². The van der Waals surface area contributed by atoms with Crippen molar-refractivity contribution in [3.05, 3.63) is 99.9 Å². The van der Waals surface area contributed by atoms with Crippen molar-refractivity contribution in [1.29, 1.82) is 0 Å². The molecule has 2 saturated heterocycles. The van der Waals surface area contributed by atoms with E-state index in [1.54, 1.807) is 22.3 Å². The number of fused-ring (bicyclic) bond motifs is 3. The summed E-state index contributed by atoms with van der Waals surface area (Å²) >= 11 is 0. The Labute approximate surface area is 321 Å². The van der Waals surface area contributed by atoms with Crippen LogP contribution < -0.4 is 26.5 Å². The van der Waals surface area contributed by atoms with E-state index in [-0.39, 0.29) is 30.0 Å². The molecule has 4 aliphatic rings. The summed E-state index contributed by atoms with van der Waals surface area (Å²) in [6, 6.07) is 18.2. The van der Waals surface area contributed by atoms with E-state index >= 15 is 0 Å². The number of aromatic nitrogens is 6. The summed E-state index contributed by atoms with van der Waals surface area (Å²) in [6.07, 6.45) is 6.83. The summed E-state index contributed by atoms with van der Waals surface area (Å²) in [5.41, 5.74) is 9.69. The lowest BCUT2D eigenvalue weighted by atomic mass is 9.90. The number of carbonyl (C=O) groups is 3.